The van der Waals surface area contributed by atoms with Crippen LogP contribution in [0.2, 0.25) is 0 Å². The normalized spacial score (nSPS) is 17.2. The lowest BCUT2D eigenvalue weighted by molar-refractivity contribution is -0.132. The van der Waals surface area contributed by atoms with Gasteiger partial charge in [0, 0.05) is 50.8 Å². The highest BCUT2D eigenvalue weighted by Crippen LogP contribution is 2.43. The van der Waals surface area contributed by atoms with E-state index in [2.05, 4.69) is 20.8 Å². The summed E-state index contributed by atoms with van der Waals surface area (Å²) in [5, 5.41) is 11.7. The van der Waals surface area contributed by atoms with Gasteiger partial charge in [0.1, 0.15) is 5.76 Å². The molecule has 0 radical (unpaired) electrons. The zero-order chi connectivity index (χ0) is 27.9. The standard InChI is InChI=1S/C32H37N3O3/c1-20-9-12-22(32(2,3)4)19-26(20)29(36)27-28(21-10-13-23(14-11-21)33(5)6)35(31(38)30(27)37)25-17-15-24(16-18-25)34(7)8/h9-19,28,36H,1-8H3/b29-27+. The van der Waals surface area contributed by atoms with Gasteiger partial charge in [0.05, 0.1) is 11.6 Å². The van der Waals surface area contributed by atoms with Gasteiger partial charge in [-0.3, -0.25) is 14.5 Å². The van der Waals surface area contributed by atoms with E-state index in [1.54, 1.807) is 0 Å². The number of aliphatic hydroxyl groups is 1. The Morgan fingerprint density at radius 1 is 0.816 bits per heavy atom. The Labute approximate surface area is 225 Å². The molecule has 0 spiro atoms. The van der Waals surface area contributed by atoms with Crippen LogP contribution in [-0.4, -0.2) is 45.0 Å². The second kappa shape index (κ2) is 10.0. The molecule has 6 heteroatoms. The van der Waals surface area contributed by atoms with Crippen LogP contribution in [0.3, 0.4) is 0 Å². The van der Waals surface area contributed by atoms with Gasteiger partial charge in [-0.25, -0.2) is 0 Å². The van der Waals surface area contributed by atoms with E-state index in [1.807, 2.05) is 112 Å². The lowest BCUT2D eigenvalue weighted by Crippen LogP contribution is -2.29. The number of hydrogen-bond donors (Lipinski definition) is 1. The first-order chi connectivity index (χ1) is 17.8. The molecule has 0 aromatic heterocycles. The monoisotopic (exact) mass is 511 g/mol. The third-order valence-corrected chi connectivity index (χ3v) is 7.17. The Hall–Kier alpha value is -4.06. The largest absolute Gasteiger partial charge is 0.507 e. The average Bonchev–Trinajstić information content (AvgIpc) is 3.13. The summed E-state index contributed by atoms with van der Waals surface area (Å²) < 4.78 is 0. The fourth-order valence-corrected chi connectivity index (χ4v) is 4.77. The molecule has 1 unspecified atom stereocenters. The Morgan fingerprint density at radius 3 is 1.84 bits per heavy atom. The summed E-state index contributed by atoms with van der Waals surface area (Å²) in [6.45, 7) is 8.21. The average molecular weight is 512 g/mol. The topological polar surface area (TPSA) is 64.1 Å². The smallest absolute Gasteiger partial charge is 0.300 e. The maximum absolute atomic E-state index is 13.6. The van der Waals surface area contributed by atoms with Crippen molar-refractivity contribution in [3.05, 3.63) is 94.6 Å². The SMILES string of the molecule is Cc1ccc(C(C)(C)C)cc1/C(O)=C1\C(=O)C(=O)N(c2ccc(N(C)C)cc2)C1c1ccc(N(C)C)cc1. The Bertz CT molecular complexity index is 1400. The van der Waals surface area contributed by atoms with Crippen molar-refractivity contribution in [2.75, 3.05) is 42.9 Å². The maximum atomic E-state index is 13.6. The lowest BCUT2D eigenvalue weighted by Gasteiger charge is -2.27. The van der Waals surface area contributed by atoms with E-state index < -0.39 is 17.7 Å². The van der Waals surface area contributed by atoms with Crippen LogP contribution in [-0.2, 0) is 15.0 Å². The summed E-state index contributed by atoms with van der Waals surface area (Å²) >= 11 is 0. The zero-order valence-electron chi connectivity index (χ0n) is 23.5. The molecule has 1 fully saturated rings. The number of carbonyl (C=O) groups is 2. The van der Waals surface area contributed by atoms with E-state index in [9.17, 15) is 14.7 Å². The quantitative estimate of drug-likeness (QED) is 0.257. The van der Waals surface area contributed by atoms with Crippen molar-refractivity contribution in [1.82, 2.24) is 0 Å². The highest BCUT2D eigenvalue weighted by Gasteiger charge is 2.47. The van der Waals surface area contributed by atoms with Crippen LogP contribution in [0.5, 0.6) is 0 Å². The first-order valence-electron chi connectivity index (χ1n) is 12.8. The van der Waals surface area contributed by atoms with E-state index >= 15 is 0 Å². The number of nitrogens with zero attached hydrogens (tertiary/aromatic N) is 3. The van der Waals surface area contributed by atoms with Crippen LogP contribution >= 0.6 is 0 Å². The molecule has 1 atom stereocenters. The molecule has 198 valence electrons. The highest BCUT2D eigenvalue weighted by molar-refractivity contribution is 6.51. The Morgan fingerprint density at radius 2 is 1.34 bits per heavy atom. The number of carbonyl (C=O) groups excluding carboxylic acids is 2. The highest BCUT2D eigenvalue weighted by atomic mass is 16.3. The lowest BCUT2D eigenvalue weighted by atomic mass is 9.84. The van der Waals surface area contributed by atoms with E-state index in [0.29, 0.717) is 11.3 Å². The van der Waals surface area contributed by atoms with Crippen LogP contribution in [0, 0.1) is 6.92 Å². The number of aliphatic hydroxyl groups excluding tert-OH is 1. The molecule has 1 heterocycles. The molecule has 1 N–H and O–H groups in total. The number of rotatable bonds is 5. The molecule has 1 aliphatic rings. The van der Waals surface area contributed by atoms with Gasteiger partial charge in [-0.15, -0.1) is 0 Å². The summed E-state index contributed by atoms with van der Waals surface area (Å²) in [4.78, 5) is 32.6. The number of amides is 1. The molecule has 1 aliphatic heterocycles. The molecule has 3 aromatic rings. The molecule has 38 heavy (non-hydrogen) atoms. The maximum Gasteiger partial charge on any atom is 0.300 e. The molecule has 0 saturated carbocycles. The predicted molar refractivity (Wildman–Crippen MR) is 156 cm³/mol. The van der Waals surface area contributed by atoms with Crippen LogP contribution in [0.1, 0.15) is 49.1 Å². The van der Waals surface area contributed by atoms with Crippen LogP contribution in [0.4, 0.5) is 17.1 Å². The van der Waals surface area contributed by atoms with Gasteiger partial charge in [-0.1, -0.05) is 45.0 Å². The van der Waals surface area contributed by atoms with E-state index in [4.69, 9.17) is 0 Å². The van der Waals surface area contributed by atoms with Gasteiger partial charge < -0.3 is 14.9 Å². The van der Waals surface area contributed by atoms with Crippen molar-refractivity contribution in [2.24, 2.45) is 0 Å². The number of anilines is 3. The molecule has 3 aromatic carbocycles. The summed E-state index contributed by atoms with van der Waals surface area (Å²) in [5.41, 5.74) is 5.69. The second-order valence-electron chi connectivity index (χ2n) is 11.3. The summed E-state index contributed by atoms with van der Waals surface area (Å²) in [5.74, 6) is -1.50. The van der Waals surface area contributed by atoms with Crippen molar-refractivity contribution >= 4 is 34.5 Å². The molecule has 4 rings (SSSR count). The molecule has 6 nitrogen and oxygen atoms in total. The zero-order valence-corrected chi connectivity index (χ0v) is 23.5. The van der Waals surface area contributed by atoms with Gasteiger partial charge in [0.2, 0.25) is 0 Å². The summed E-state index contributed by atoms with van der Waals surface area (Å²) in [6.07, 6.45) is 0. The molecule has 1 amide bonds. The molecular formula is C32H37N3O3. The fraction of sp³-hybridized carbons (Fsp3) is 0.312. The van der Waals surface area contributed by atoms with E-state index in [1.165, 1.54) is 4.90 Å². The predicted octanol–water partition coefficient (Wildman–Crippen LogP) is 6.05. The summed E-state index contributed by atoms with van der Waals surface area (Å²) in [6, 6.07) is 20.4. The minimum atomic E-state index is -0.769. The first kappa shape index (κ1) is 27.0. The number of Topliss-reactive ketones (excluding diaryl/α,β-unsaturated/α-hetero) is 1. The number of ketones is 1. The van der Waals surface area contributed by atoms with Crippen LogP contribution in [0.15, 0.2) is 72.3 Å². The third-order valence-electron chi connectivity index (χ3n) is 7.17. The van der Waals surface area contributed by atoms with Gasteiger partial charge in [0.15, 0.2) is 0 Å². The van der Waals surface area contributed by atoms with Crippen molar-refractivity contribution in [3.8, 4) is 0 Å². The van der Waals surface area contributed by atoms with Crippen molar-refractivity contribution < 1.29 is 14.7 Å². The van der Waals surface area contributed by atoms with Gasteiger partial charge in [-0.05, 0) is 71.5 Å². The molecule has 1 saturated heterocycles. The second-order valence-corrected chi connectivity index (χ2v) is 11.3. The molecular weight excluding hydrogens is 474 g/mol. The first-order valence-corrected chi connectivity index (χ1v) is 12.8. The van der Waals surface area contributed by atoms with Gasteiger partial charge in [0.25, 0.3) is 11.7 Å². The number of benzene rings is 3. The molecule has 0 bridgehead atoms. The Kier molecular flexibility index (Phi) is 7.11. The van der Waals surface area contributed by atoms with E-state index in [0.717, 1.165) is 28.1 Å². The van der Waals surface area contributed by atoms with Gasteiger partial charge >= 0.3 is 0 Å². The minimum absolute atomic E-state index is 0.0958. The fourth-order valence-electron chi connectivity index (χ4n) is 4.77. The summed E-state index contributed by atoms with van der Waals surface area (Å²) in [7, 11) is 7.81. The van der Waals surface area contributed by atoms with Crippen LogP contribution in [0.25, 0.3) is 5.76 Å². The van der Waals surface area contributed by atoms with Crippen molar-refractivity contribution in [3.63, 3.8) is 0 Å². The molecule has 0 aliphatic carbocycles. The van der Waals surface area contributed by atoms with Gasteiger partial charge in [-0.2, -0.15) is 0 Å². The number of aryl methyl sites for hydroxylation is 1. The van der Waals surface area contributed by atoms with E-state index in [-0.39, 0.29) is 16.7 Å². The number of hydrogen-bond acceptors (Lipinski definition) is 5. The van der Waals surface area contributed by atoms with Crippen molar-refractivity contribution in [2.45, 2.75) is 39.2 Å². The van der Waals surface area contributed by atoms with Crippen LogP contribution < -0.4 is 14.7 Å². The van der Waals surface area contributed by atoms with Crippen molar-refractivity contribution in [1.29, 1.82) is 0 Å². The minimum Gasteiger partial charge on any atom is -0.507 e. The Balaban J connectivity index is 1.95. The third kappa shape index (κ3) is 4.91.